The molecule has 0 aromatic heterocycles. The van der Waals surface area contributed by atoms with Crippen LogP contribution in [0.3, 0.4) is 0 Å². The summed E-state index contributed by atoms with van der Waals surface area (Å²) >= 11 is 6.07. The van der Waals surface area contributed by atoms with Crippen molar-refractivity contribution in [2.45, 2.75) is 64.1 Å². The Balaban J connectivity index is 1.81. The average Bonchev–Trinajstić information content (AvgIpc) is 3.03. The highest BCUT2D eigenvalue weighted by molar-refractivity contribution is 7.92. The lowest BCUT2D eigenvalue weighted by Gasteiger charge is -2.34. The van der Waals surface area contributed by atoms with E-state index in [1.165, 1.54) is 29.2 Å². The van der Waals surface area contributed by atoms with Gasteiger partial charge in [-0.15, -0.1) is 0 Å². The monoisotopic (exact) mass is 645 g/mol. The topological polar surface area (TPSA) is 86.8 Å². The molecule has 0 saturated heterocycles. The standard InChI is InChI=1S/C36H40ClN3O4S/c1-5-28(4)38-36(42)34(23-29-12-8-6-9-13-29)39(24-30-14-10-7-11-15-30)35(41)25-40(32-19-16-26(2)27(3)22-32)45(43,44)33-20-17-31(37)18-21-33/h6-22,28,34H,5,23-25H2,1-4H3,(H,38,42)/t28-,34-/m1/s1. The molecule has 4 aromatic rings. The third-order valence-corrected chi connectivity index (χ3v) is 9.97. The van der Waals surface area contributed by atoms with Gasteiger partial charge >= 0.3 is 0 Å². The molecule has 0 unspecified atom stereocenters. The fourth-order valence-corrected chi connectivity index (χ4v) is 6.45. The van der Waals surface area contributed by atoms with Crippen LogP contribution in [0.4, 0.5) is 5.69 Å². The number of rotatable bonds is 13. The Kier molecular flexibility index (Phi) is 11.4. The normalized spacial score (nSPS) is 12.6. The second kappa shape index (κ2) is 15.2. The number of anilines is 1. The summed E-state index contributed by atoms with van der Waals surface area (Å²) in [6.45, 7) is 7.34. The summed E-state index contributed by atoms with van der Waals surface area (Å²) < 4.78 is 29.5. The number of halogens is 1. The predicted molar refractivity (Wildman–Crippen MR) is 181 cm³/mol. The Hall–Kier alpha value is -4.14. The summed E-state index contributed by atoms with van der Waals surface area (Å²) in [7, 11) is -4.20. The summed E-state index contributed by atoms with van der Waals surface area (Å²) in [6, 6.07) is 29.1. The van der Waals surface area contributed by atoms with Crippen molar-refractivity contribution in [3.05, 3.63) is 130 Å². The van der Waals surface area contributed by atoms with Gasteiger partial charge in [0.05, 0.1) is 10.6 Å². The minimum atomic E-state index is -4.20. The van der Waals surface area contributed by atoms with Crippen LogP contribution in [0.2, 0.25) is 5.02 Å². The third-order valence-electron chi connectivity index (χ3n) is 7.93. The first kappa shape index (κ1) is 33.7. The SMILES string of the molecule is CC[C@@H](C)NC(=O)[C@@H](Cc1ccccc1)N(Cc1ccccc1)C(=O)CN(c1ccc(C)c(C)c1)S(=O)(=O)c1ccc(Cl)cc1. The minimum Gasteiger partial charge on any atom is -0.352 e. The molecule has 236 valence electrons. The second-order valence-electron chi connectivity index (χ2n) is 11.3. The van der Waals surface area contributed by atoms with E-state index in [1.807, 2.05) is 94.4 Å². The van der Waals surface area contributed by atoms with Crippen LogP contribution < -0.4 is 9.62 Å². The number of nitrogens with zero attached hydrogens (tertiary/aromatic N) is 2. The Morgan fingerprint density at radius 1 is 0.822 bits per heavy atom. The molecule has 2 amide bonds. The number of hydrogen-bond donors (Lipinski definition) is 1. The maximum absolute atomic E-state index is 14.5. The van der Waals surface area contributed by atoms with Crippen molar-refractivity contribution in [1.82, 2.24) is 10.2 Å². The van der Waals surface area contributed by atoms with Crippen LogP contribution in [0, 0.1) is 13.8 Å². The highest BCUT2D eigenvalue weighted by atomic mass is 35.5. The molecule has 0 saturated carbocycles. The predicted octanol–water partition coefficient (Wildman–Crippen LogP) is 6.71. The Labute approximate surface area is 271 Å². The smallest absolute Gasteiger partial charge is 0.264 e. The molecule has 4 aromatic carbocycles. The highest BCUT2D eigenvalue weighted by Crippen LogP contribution is 2.27. The van der Waals surface area contributed by atoms with Crippen molar-refractivity contribution in [1.29, 1.82) is 0 Å². The fraction of sp³-hybridized carbons (Fsp3) is 0.278. The molecule has 0 spiro atoms. The van der Waals surface area contributed by atoms with Crippen molar-refractivity contribution < 1.29 is 18.0 Å². The van der Waals surface area contributed by atoms with Gasteiger partial charge in [0.1, 0.15) is 12.6 Å². The Bertz CT molecular complexity index is 1700. The fourth-order valence-electron chi connectivity index (χ4n) is 4.92. The summed E-state index contributed by atoms with van der Waals surface area (Å²) in [4.78, 5) is 29.9. The van der Waals surface area contributed by atoms with Crippen LogP contribution in [-0.4, -0.2) is 43.8 Å². The first-order valence-corrected chi connectivity index (χ1v) is 16.8. The van der Waals surface area contributed by atoms with E-state index in [1.54, 1.807) is 12.1 Å². The van der Waals surface area contributed by atoms with Gasteiger partial charge in [-0.3, -0.25) is 13.9 Å². The number of hydrogen-bond acceptors (Lipinski definition) is 4. The maximum Gasteiger partial charge on any atom is 0.264 e. The van der Waals surface area contributed by atoms with Gasteiger partial charge < -0.3 is 10.2 Å². The van der Waals surface area contributed by atoms with Gasteiger partial charge in [-0.1, -0.05) is 85.3 Å². The molecule has 9 heteroatoms. The van der Waals surface area contributed by atoms with E-state index in [0.717, 1.165) is 33.0 Å². The minimum absolute atomic E-state index is 0.00267. The van der Waals surface area contributed by atoms with Gasteiger partial charge in [0, 0.05) is 24.0 Å². The van der Waals surface area contributed by atoms with Gasteiger partial charge in [0.25, 0.3) is 10.0 Å². The molecule has 4 rings (SSSR count). The molecule has 45 heavy (non-hydrogen) atoms. The number of nitrogens with one attached hydrogen (secondary N) is 1. The molecular formula is C36H40ClN3O4S. The molecule has 2 atom stereocenters. The molecule has 7 nitrogen and oxygen atoms in total. The van der Waals surface area contributed by atoms with Crippen LogP contribution in [-0.2, 0) is 32.6 Å². The maximum atomic E-state index is 14.5. The van der Waals surface area contributed by atoms with E-state index in [2.05, 4.69) is 5.32 Å². The molecule has 0 aliphatic heterocycles. The highest BCUT2D eigenvalue weighted by Gasteiger charge is 2.35. The van der Waals surface area contributed by atoms with Crippen LogP contribution in [0.25, 0.3) is 0 Å². The van der Waals surface area contributed by atoms with Crippen LogP contribution in [0.1, 0.15) is 42.5 Å². The van der Waals surface area contributed by atoms with E-state index in [-0.39, 0.29) is 29.8 Å². The summed E-state index contributed by atoms with van der Waals surface area (Å²) in [6.07, 6.45) is 0.978. The lowest BCUT2D eigenvalue weighted by Crippen LogP contribution is -2.54. The zero-order valence-corrected chi connectivity index (χ0v) is 27.7. The number of benzene rings is 4. The molecule has 0 radical (unpaired) electrons. The Morgan fingerprint density at radius 3 is 2.00 bits per heavy atom. The van der Waals surface area contributed by atoms with Crippen LogP contribution in [0.15, 0.2) is 108 Å². The summed E-state index contributed by atoms with van der Waals surface area (Å²) in [5, 5.41) is 3.45. The molecule has 0 fully saturated rings. The quantitative estimate of drug-likeness (QED) is 0.175. The molecule has 0 heterocycles. The van der Waals surface area contributed by atoms with Crippen LogP contribution >= 0.6 is 11.6 Å². The van der Waals surface area contributed by atoms with Gasteiger partial charge in [0.15, 0.2) is 0 Å². The first-order valence-electron chi connectivity index (χ1n) is 15.0. The lowest BCUT2D eigenvalue weighted by atomic mass is 10.0. The third kappa shape index (κ3) is 8.74. The summed E-state index contributed by atoms with van der Waals surface area (Å²) in [5.74, 6) is -0.800. The van der Waals surface area contributed by atoms with Gasteiger partial charge in [0.2, 0.25) is 11.8 Å². The molecular weight excluding hydrogens is 606 g/mol. The molecule has 0 bridgehead atoms. The zero-order chi connectivity index (χ0) is 32.6. The van der Waals surface area contributed by atoms with E-state index in [4.69, 9.17) is 11.6 Å². The van der Waals surface area contributed by atoms with E-state index < -0.39 is 28.5 Å². The number of amides is 2. The first-order chi connectivity index (χ1) is 21.5. The lowest BCUT2D eigenvalue weighted by molar-refractivity contribution is -0.140. The van der Waals surface area contributed by atoms with Crippen molar-refractivity contribution in [3.63, 3.8) is 0 Å². The second-order valence-corrected chi connectivity index (χ2v) is 13.6. The number of carbonyl (C=O) groups is 2. The molecule has 0 aliphatic carbocycles. The molecule has 1 N–H and O–H groups in total. The largest absolute Gasteiger partial charge is 0.352 e. The zero-order valence-electron chi connectivity index (χ0n) is 26.1. The van der Waals surface area contributed by atoms with Crippen molar-refractivity contribution in [2.24, 2.45) is 0 Å². The van der Waals surface area contributed by atoms with Crippen molar-refractivity contribution >= 4 is 39.1 Å². The van der Waals surface area contributed by atoms with Crippen LogP contribution in [0.5, 0.6) is 0 Å². The number of carbonyl (C=O) groups excluding carboxylic acids is 2. The van der Waals surface area contributed by atoms with Gasteiger partial charge in [-0.25, -0.2) is 8.42 Å². The van der Waals surface area contributed by atoms with Crippen molar-refractivity contribution in [2.75, 3.05) is 10.8 Å². The van der Waals surface area contributed by atoms with E-state index in [9.17, 15) is 18.0 Å². The van der Waals surface area contributed by atoms with E-state index in [0.29, 0.717) is 10.7 Å². The number of aryl methyl sites for hydroxylation is 2. The van der Waals surface area contributed by atoms with Gasteiger partial charge in [-0.05, 0) is 85.8 Å². The van der Waals surface area contributed by atoms with Crippen molar-refractivity contribution in [3.8, 4) is 0 Å². The average molecular weight is 646 g/mol. The van der Waals surface area contributed by atoms with Gasteiger partial charge in [-0.2, -0.15) is 0 Å². The number of sulfonamides is 1. The summed E-state index contributed by atoms with van der Waals surface area (Å²) in [5.41, 5.74) is 3.92. The van der Waals surface area contributed by atoms with E-state index >= 15 is 0 Å². The Morgan fingerprint density at radius 2 is 1.42 bits per heavy atom. The molecule has 0 aliphatic rings.